The van der Waals surface area contributed by atoms with Crippen molar-refractivity contribution in [3.05, 3.63) is 47.3 Å². The first-order chi connectivity index (χ1) is 9.86. The van der Waals surface area contributed by atoms with E-state index in [4.69, 9.17) is 5.11 Å². The van der Waals surface area contributed by atoms with E-state index in [9.17, 15) is 9.59 Å². The Balaban J connectivity index is 2.13. The van der Waals surface area contributed by atoms with E-state index in [1.807, 2.05) is 32.0 Å². The second-order valence-corrected chi connectivity index (χ2v) is 5.06. The van der Waals surface area contributed by atoms with Crippen molar-refractivity contribution in [2.75, 3.05) is 5.32 Å². The highest BCUT2D eigenvalue weighted by molar-refractivity contribution is 5.93. The number of aromatic nitrogens is 2. The molecule has 6 nitrogen and oxygen atoms in total. The second-order valence-electron chi connectivity index (χ2n) is 5.06. The van der Waals surface area contributed by atoms with E-state index in [1.165, 1.54) is 17.1 Å². The molecule has 1 heterocycles. The van der Waals surface area contributed by atoms with E-state index in [-0.39, 0.29) is 11.5 Å². The Hall–Kier alpha value is -2.63. The molecule has 0 saturated heterocycles. The predicted octanol–water partition coefficient (Wildman–Crippen LogP) is 2.40. The van der Waals surface area contributed by atoms with Gasteiger partial charge < -0.3 is 10.4 Å². The Morgan fingerprint density at radius 2 is 1.86 bits per heavy atom. The van der Waals surface area contributed by atoms with Gasteiger partial charge in [0.15, 0.2) is 0 Å². The lowest BCUT2D eigenvalue weighted by molar-refractivity contribution is -0.119. The Bertz CT molecular complexity index is 671. The van der Waals surface area contributed by atoms with Crippen molar-refractivity contribution in [3.63, 3.8) is 0 Å². The zero-order valence-electron chi connectivity index (χ0n) is 12.1. The molecular formula is C15H17N3O3. The zero-order valence-corrected chi connectivity index (χ0v) is 12.1. The molecule has 1 amide bonds. The van der Waals surface area contributed by atoms with Gasteiger partial charge in [-0.1, -0.05) is 6.07 Å². The van der Waals surface area contributed by atoms with Gasteiger partial charge in [-0.15, -0.1) is 0 Å². The van der Waals surface area contributed by atoms with Crippen LogP contribution in [0.4, 0.5) is 5.69 Å². The van der Waals surface area contributed by atoms with Gasteiger partial charge in [-0.3, -0.25) is 9.48 Å². The fraction of sp³-hybridized carbons (Fsp3) is 0.267. The normalized spacial score (nSPS) is 12.0. The largest absolute Gasteiger partial charge is 0.478 e. The van der Waals surface area contributed by atoms with Crippen molar-refractivity contribution < 1.29 is 14.7 Å². The molecule has 0 fully saturated rings. The van der Waals surface area contributed by atoms with Crippen molar-refractivity contribution in [2.24, 2.45) is 0 Å². The van der Waals surface area contributed by atoms with Crippen LogP contribution in [-0.2, 0) is 4.79 Å². The summed E-state index contributed by atoms with van der Waals surface area (Å²) in [4.78, 5) is 23.0. The minimum atomic E-state index is -1.07. The zero-order chi connectivity index (χ0) is 15.6. The van der Waals surface area contributed by atoms with Crippen LogP contribution >= 0.6 is 0 Å². The predicted molar refractivity (Wildman–Crippen MR) is 78.4 cm³/mol. The van der Waals surface area contributed by atoms with E-state index in [2.05, 4.69) is 10.4 Å². The number of hydrogen-bond acceptors (Lipinski definition) is 3. The van der Waals surface area contributed by atoms with Crippen LogP contribution in [0, 0.1) is 13.8 Å². The lowest BCUT2D eigenvalue weighted by Gasteiger charge is -2.13. The van der Waals surface area contributed by atoms with Crippen molar-refractivity contribution >= 4 is 17.6 Å². The van der Waals surface area contributed by atoms with Gasteiger partial charge in [0.2, 0.25) is 5.91 Å². The first-order valence-corrected chi connectivity index (χ1v) is 6.53. The van der Waals surface area contributed by atoms with Crippen LogP contribution in [0.2, 0.25) is 0 Å². The lowest BCUT2D eigenvalue weighted by Crippen LogP contribution is -2.24. The molecule has 1 unspecified atom stereocenters. The maximum Gasteiger partial charge on any atom is 0.338 e. The summed E-state index contributed by atoms with van der Waals surface area (Å²) in [7, 11) is 0. The first-order valence-electron chi connectivity index (χ1n) is 6.53. The smallest absolute Gasteiger partial charge is 0.338 e. The van der Waals surface area contributed by atoms with Gasteiger partial charge in [0.1, 0.15) is 6.04 Å². The molecule has 21 heavy (non-hydrogen) atoms. The summed E-state index contributed by atoms with van der Waals surface area (Å²) >= 11 is 0. The number of benzene rings is 1. The molecule has 0 aliphatic rings. The highest BCUT2D eigenvalue weighted by Crippen LogP contribution is 2.16. The molecule has 0 spiro atoms. The first kappa shape index (κ1) is 14.8. The topological polar surface area (TPSA) is 84.2 Å². The van der Waals surface area contributed by atoms with E-state index >= 15 is 0 Å². The quantitative estimate of drug-likeness (QED) is 0.904. The molecule has 110 valence electrons. The number of aryl methyl sites for hydroxylation is 2. The number of carbonyl (C=O) groups is 2. The molecule has 0 bridgehead atoms. The van der Waals surface area contributed by atoms with E-state index in [1.54, 1.807) is 6.92 Å². The van der Waals surface area contributed by atoms with Gasteiger partial charge in [-0.2, -0.15) is 5.10 Å². The van der Waals surface area contributed by atoms with Crippen LogP contribution in [0.1, 0.15) is 34.5 Å². The average molecular weight is 287 g/mol. The third-order valence-electron chi connectivity index (χ3n) is 3.11. The molecule has 0 radical (unpaired) electrons. The second kappa shape index (κ2) is 5.78. The number of anilines is 1. The van der Waals surface area contributed by atoms with Crippen LogP contribution in [0.15, 0.2) is 30.6 Å². The number of carboxylic acid groups (broad SMARTS) is 1. The number of aromatic carboxylic acids is 1. The molecule has 6 heteroatoms. The van der Waals surface area contributed by atoms with Gasteiger partial charge in [0.05, 0.1) is 11.8 Å². The molecule has 1 atom stereocenters. The summed E-state index contributed by atoms with van der Waals surface area (Å²) in [6.45, 7) is 5.58. The third kappa shape index (κ3) is 3.47. The Labute approximate surface area is 122 Å². The number of nitrogens with one attached hydrogen (secondary N) is 1. The molecule has 1 aromatic carbocycles. The number of carboxylic acids is 1. The number of hydrogen-bond donors (Lipinski definition) is 2. The van der Waals surface area contributed by atoms with Crippen LogP contribution < -0.4 is 5.32 Å². The summed E-state index contributed by atoms with van der Waals surface area (Å²) < 4.78 is 1.33. The van der Waals surface area contributed by atoms with Crippen molar-refractivity contribution in [1.82, 2.24) is 9.78 Å². The lowest BCUT2D eigenvalue weighted by atomic mass is 10.1. The molecule has 0 aliphatic carbocycles. The molecule has 0 aliphatic heterocycles. The van der Waals surface area contributed by atoms with Crippen LogP contribution in [0.3, 0.4) is 0 Å². The highest BCUT2D eigenvalue weighted by atomic mass is 16.4. The van der Waals surface area contributed by atoms with E-state index in [0.29, 0.717) is 0 Å². The van der Waals surface area contributed by atoms with Crippen molar-refractivity contribution in [3.8, 4) is 0 Å². The van der Waals surface area contributed by atoms with E-state index < -0.39 is 12.0 Å². The van der Waals surface area contributed by atoms with Gasteiger partial charge >= 0.3 is 5.97 Å². The van der Waals surface area contributed by atoms with Crippen LogP contribution in [0.5, 0.6) is 0 Å². The average Bonchev–Trinajstić information content (AvgIpc) is 2.86. The third-order valence-corrected chi connectivity index (χ3v) is 3.11. The maximum absolute atomic E-state index is 12.2. The van der Waals surface area contributed by atoms with Crippen molar-refractivity contribution in [1.29, 1.82) is 0 Å². The monoisotopic (exact) mass is 287 g/mol. The van der Waals surface area contributed by atoms with Gasteiger partial charge in [-0.25, -0.2) is 4.79 Å². The molecular weight excluding hydrogens is 270 g/mol. The molecule has 2 aromatic rings. The molecule has 0 saturated carbocycles. The fourth-order valence-electron chi connectivity index (χ4n) is 2.07. The molecule has 2 rings (SSSR count). The minimum Gasteiger partial charge on any atom is -0.478 e. The number of carbonyl (C=O) groups excluding carboxylic acids is 1. The van der Waals surface area contributed by atoms with Gasteiger partial charge in [-0.05, 0) is 44.0 Å². The molecule has 1 aromatic heterocycles. The Kier molecular flexibility index (Phi) is 4.07. The van der Waals surface area contributed by atoms with Crippen LogP contribution in [0.25, 0.3) is 0 Å². The minimum absolute atomic E-state index is 0.0565. The summed E-state index contributed by atoms with van der Waals surface area (Å²) in [5, 5.41) is 15.6. The van der Waals surface area contributed by atoms with Gasteiger partial charge in [0, 0.05) is 11.9 Å². The molecule has 2 N–H and O–H groups in total. The Morgan fingerprint density at radius 1 is 1.24 bits per heavy atom. The summed E-state index contributed by atoms with van der Waals surface area (Å²) in [5.74, 6) is -1.32. The van der Waals surface area contributed by atoms with Crippen molar-refractivity contribution in [2.45, 2.75) is 26.8 Å². The summed E-state index contributed by atoms with van der Waals surface area (Å²) in [5.41, 5.74) is 2.89. The van der Waals surface area contributed by atoms with Gasteiger partial charge in [0.25, 0.3) is 0 Å². The SMILES string of the molecule is Cc1cc(C)cc(NC(=O)C(C)n2cc(C(=O)O)cn2)c1. The maximum atomic E-state index is 12.2. The number of nitrogens with zero attached hydrogens (tertiary/aromatic N) is 2. The standard InChI is InChI=1S/C15H17N3O3/c1-9-4-10(2)6-13(5-9)17-14(19)11(3)18-8-12(7-16-18)15(20)21/h4-8,11H,1-3H3,(H,17,19)(H,20,21). The number of rotatable bonds is 4. The fourth-order valence-corrected chi connectivity index (χ4v) is 2.07. The Morgan fingerprint density at radius 3 is 2.38 bits per heavy atom. The van der Waals surface area contributed by atoms with Crippen LogP contribution in [-0.4, -0.2) is 26.8 Å². The summed E-state index contributed by atoms with van der Waals surface area (Å²) in [6.07, 6.45) is 2.57. The van der Waals surface area contributed by atoms with E-state index in [0.717, 1.165) is 16.8 Å². The summed E-state index contributed by atoms with van der Waals surface area (Å²) in [6, 6.07) is 5.18. The number of amides is 1. The highest BCUT2D eigenvalue weighted by Gasteiger charge is 2.17.